The molecule has 1 aromatic heterocycles. The van der Waals surface area contributed by atoms with Crippen LogP contribution in [0.5, 0.6) is 5.75 Å². The molecule has 0 radical (unpaired) electrons. The van der Waals surface area contributed by atoms with Gasteiger partial charge in [0.05, 0.1) is 7.11 Å². The largest absolute Gasteiger partial charge is 0.496 e. The Bertz CT molecular complexity index is 874. The predicted octanol–water partition coefficient (Wildman–Crippen LogP) is 3.68. The Morgan fingerprint density at radius 3 is 2.52 bits per heavy atom. The third kappa shape index (κ3) is 3.33. The molecule has 1 N–H and O–H groups in total. The zero-order chi connectivity index (χ0) is 17.8. The maximum Gasteiger partial charge on any atom is 0.343 e. The Morgan fingerprint density at radius 1 is 1.16 bits per heavy atom. The summed E-state index contributed by atoms with van der Waals surface area (Å²) in [6, 6.07) is 16.6. The lowest BCUT2D eigenvalue weighted by molar-refractivity contribution is 0.0698. The summed E-state index contributed by atoms with van der Waals surface area (Å²) in [5.74, 6) is 0.173. The zero-order valence-corrected chi connectivity index (χ0v) is 14.0. The number of carboxylic acids is 1. The van der Waals surface area contributed by atoms with Crippen molar-refractivity contribution in [1.82, 2.24) is 5.16 Å². The Balaban J connectivity index is 1.97. The fourth-order valence-electron chi connectivity index (χ4n) is 2.69. The first-order valence-corrected chi connectivity index (χ1v) is 7.73. The first kappa shape index (κ1) is 16.6. The Morgan fingerprint density at radius 2 is 1.84 bits per heavy atom. The van der Waals surface area contributed by atoms with Gasteiger partial charge in [0.25, 0.3) is 0 Å². The minimum atomic E-state index is -1.08. The number of para-hydroxylation sites is 1. The molecular formula is C19H18N2O4. The topological polar surface area (TPSA) is 75.8 Å². The van der Waals surface area contributed by atoms with Crippen LogP contribution >= 0.6 is 0 Å². The molecule has 3 aromatic rings. The number of benzene rings is 2. The maximum atomic E-state index is 11.8. The smallest absolute Gasteiger partial charge is 0.343 e. The van der Waals surface area contributed by atoms with Crippen LogP contribution in [-0.4, -0.2) is 30.4 Å². The molecule has 25 heavy (non-hydrogen) atoms. The fourth-order valence-corrected chi connectivity index (χ4v) is 2.69. The van der Waals surface area contributed by atoms with Crippen LogP contribution in [0.2, 0.25) is 0 Å². The van der Waals surface area contributed by atoms with Gasteiger partial charge in [0.1, 0.15) is 5.75 Å². The number of rotatable bonds is 6. The van der Waals surface area contributed by atoms with Crippen LogP contribution in [0.25, 0.3) is 11.3 Å². The highest BCUT2D eigenvalue weighted by Gasteiger charge is 2.26. The lowest BCUT2D eigenvalue weighted by Gasteiger charge is -2.18. The van der Waals surface area contributed by atoms with Crippen molar-refractivity contribution in [2.75, 3.05) is 19.1 Å². The second-order valence-corrected chi connectivity index (χ2v) is 5.55. The molecule has 0 unspecified atom stereocenters. The minimum absolute atomic E-state index is 0.0450. The molecule has 1 heterocycles. The molecule has 0 atom stereocenters. The van der Waals surface area contributed by atoms with Crippen LogP contribution < -0.4 is 9.64 Å². The molecule has 6 heteroatoms. The van der Waals surface area contributed by atoms with Crippen LogP contribution in [0, 0.1) is 0 Å². The fraction of sp³-hybridized carbons (Fsp3) is 0.158. The summed E-state index contributed by atoms with van der Waals surface area (Å²) in [6.07, 6.45) is 0. The van der Waals surface area contributed by atoms with Gasteiger partial charge in [-0.3, -0.25) is 0 Å². The van der Waals surface area contributed by atoms with Crippen LogP contribution in [0.3, 0.4) is 0 Å². The SMILES string of the molecule is COc1ccccc1CN(C)c1noc(-c2ccccc2)c1C(=O)O. The van der Waals surface area contributed by atoms with Gasteiger partial charge in [0.15, 0.2) is 17.1 Å². The standard InChI is InChI=1S/C19H18N2O4/c1-21(12-14-10-6-7-11-15(14)24-2)18-16(19(22)23)17(25-20-18)13-8-4-3-5-9-13/h3-11H,12H2,1-2H3,(H,22,23). The number of hydrogen-bond donors (Lipinski definition) is 1. The Hall–Kier alpha value is -3.28. The Kier molecular flexibility index (Phi) is 4.70. The van der Waals surface area contributed by atoms with Crippen molar-refractivity contribution in [2.24, 2.45) is 0 Å². The van der Waals surface area contributed by atoms with E-state index >= 15 is 0 Å². The van der Waals surface area contributed by atoms with Crippen molar-refractivity contribution in [3.05, 3.63) is 65.7 Å². The van der Waals surface area contributed by atoms with E-state index < -0.39 is 5.97 Å². The van der Waals surface area contributed by atoms with E-state index in [0.29, 0.717) is 12.1 Å². The van der Waals surface area contributed by atoms with Gasteiger partial charge in [-0.15, -0.1) is 0 Å². The molecule has 2 aromatic carbocycles. The van der Waals surface area contributed by atoms with Crippen molar-refractivity contribution < 1.29 is 19.2 Å². The van der Waals surface area contributed by atoms with E-state index in [-0.39, 0.29) is 17.1 Å². The number of aromatic nitrogens is 1. The van der Waals surface area contributed by atoms with Gasteiger partial charge >= 0.3 is 5.97 Å². The van der Waals surface area contributed by atoms with E-state index in [1.54, 1.807) is 31.2 Å². The molecule has 3 rings (SSSR count). The monoisotopic (exact) mass is 338 g/mol. The van der Waals surface area contributed by atoms with Crippen molar-refractivity contribution in [3.63, 3.8) is 0 Å². The Labute approximate surface area is 145 Å². The number of ether oxygens (including phenoxy) is 1. The second-order valence-electron chi connectivity index (χ2n) is 5.55. The molecule has 0 aliphatic rings. The molecule has 0 saturated heterocycles. The van der Waals surface area contributed by atoms with Gasteiger partial charge in [-0.25, -0.2) is 4.79 Å². The quantitative estimate of drug-likeness (QED) is 0.739. The van der Waals surface area contributed by atoms with Gasteiger partial charge in [0, 0.05) is 24.7 Å². The number of carbonyl (C=O) groups is 1. The summed E-state index contributed by atoms with van der Waals surface area (Å²) in [7, 11) is 3.37. The molecule has 6 nitrogen and oxygen atoms in total. The molecule has 0 saturated carbocycles. The van der Waals surface area contributed by atoms with Crippen LogP contribution in [0.15, 0.2) is 59.1 Å². The summed E-state index contributed by atoms with van der Waals surface area (Å²) in [5, 5.41) is 13.7. The highest BCUT2D eigenvalue weighted by atomic mass is 16.5. The third-order valence-electron chi connectivity index (χ3n) is 3.89. The van der Waals surface area contributed by atoms with Gasteiger partial charge in [-0.1, -0.05) is 53.7 Å². The average molecular weight is 338 g/mol. The summed E-state index contributed by atoms with van der Waals surface area (Å²) in [6.45, 7) is 0.436. The molecule has 0 fully saturated rings. The number of nitrogens with zero attached hydrogens (tertiary/aromatic N) is 2. The molecule has 0 aliphatic heterocycles. The normalized spacial score (nSPS) is 10.5. The summed E-state index contributed by atoms with van der Waals surface area (Å²) >= 11 is 0. The van der Waals surface area contributed by atoms with Crippen LogP contribution in [0.4, 0.5) is 5.82 Å². The zero-order valence-electron chi connectivity index (χ0n) is 14.0. The van der Waals surface area contributed by atoms with Gasteiger partial charge in [-0.05, 0) is 6.07 Å². The molecular weight excluding hydrogens is 320 g/mol. The second kappa shape index (κ2) is 7.09. The maximum absolute atomic E-state index is 11.8. The third-order valence-corrected chi connectivity index (χ3v) is 3.89. The predicted molar refractivity (Wildman–Crippen MR) is 94.0 cm³/mol. The lowest BCUT2D eigenvalue weighted by Crippen LogP contribution is -2.19. The van der Waals surface area contributed by atoms with Crippen molar-refractivity contribution in [2.45, 2.75) is 6.54 Å². The molecule has 0 amide bonds. The molecule has 0 aliphatic carbocycles. The summed E-state index contributed by atoms with van der Waals surface area (Å²) < 4.78 is 10.7. The lowest BCUT2D eigenvalue weighted by atomic mass is 10.1. The highest BCUT2D eigenvalue weighted by Crippen LogP contribution is 2.32. The average Bonchev–Trinajstić information content (AvgIpc) is 3.08. The van der Waals surface area contributed by atoms with E-state index in [4.69, 9.17) is 9.26 Å². The van der Waals surface area contributed by atoms with Crippen LogP contribution in [0.1, 0.15) is 15.9 Å². The first-order valence-electron chi connectivity index (χ1n) is 7.73. The first-order chi connectivity index (χ1) is 12.1. The van der Waals surface area contributed by atoms with E-state index in [2.05, 4.69) is 5.16 Å². The number of aromatic carboxylic acids is 1. The molecule has 0 spiro atoms. The number of carboxylic acid groups (broad SMARTS) is 1. The summed E-state index contributed by atoms with van der Waals surface area (Å²) in [4.78, 5) is 13.5. The van der Waals surface area contributed by atoms with Crippen molar-refractivity contribution in [1.29, 1.82) is 0 Å². The minimum Gasteiger partial charge on any atom is -0.496 e. The van der Waals surface area contributed by atoms with E-state index in [1.165, 1.54) is 0 Å². The molecule has 0 bridgehead atoms. The van der Waals surface area contributed by atoms with Gasteiger partial charge in [-0.2, -0.15) is 0 Å². The number of anilines is 1. The van der Waals surface area contributed by atoms with E-state index in [0.717, 1.165) is 11.3 Å². The van der Waals surface area contributed by atoms with Gasteiger partial charge in [0.2, 0.25) is 0 Å². The number of hydrogen-bond acceptors (Lipinski definition) is 5. The van der Waals surface area contributed by atoms with E-state index in [1.807, 2.05) is 42.5 Å². The molecule has 128 valence electrons. The highest BCUT2D eigenvalue weighted by molar-refractivity contribution is 5.99. The van der Waals surface area contributed by atoms with Crippen LogP contribution in [-0.2, 0) is 6.54 Å². The van der Waals surface area contributed by atoms with Crippen molar-refractivity contribution in [3.8, 4) is 17.1 Å². The van der Waals surface area contributed by atoms with Gasteiger partial charge < -0.3 is 19.3 Å². The summed E-state index contributed by atoms with van der Waals surface area (Å²) in [5.41, 5.74) is 1.64. The number of methoxy groups -OCH3 is 1. The van der Waals surface area contributed by atoms with E-state index in [9.17, 15) is 9.90 Å². The van der Waals surface area contributed by atoms with Crippen molar-refractivity contribution >= 4 is 11.8 Å².